The number of allylic oxidation sites excluding steroid dienone is 2. The van der Waals surface area contributed by atoms with Gasteiger partial charge in [0.2, 0.25) is 11.8 Å². The van der Waals surface area contributed by atoms with Crippen LogP contribution >= 0.6 is 0 Å². The van der Waals surface area contributed by atoms with Crippen molar-refractivity contribution in [1.29, 1.82) is 0 Å². The van der Waals surface area contributed by atoms with Gasteiger partial charge in [-0.05, 0) is 44.7 Å². The molecule has 0 bridgehead atoms. The second-order valence-corrected chi connectivity index (χ2v) is 7.72. The number of ether oxygens (including phenoxy) is 1. The molecule has 1 aliphatic heterocycles. The average molecular weight is 398 g/mol. The van der Waals surface area contributed by atoms with E-state index in [1.54, 1.807) is 0 Å². The predicted molar refractivity (Wildman–Crippen MR) is 107 cm³/mol. The Balaban J connectivity index is 1.46. The van der Waals surface area contributed by atoms with Crippen LogP contribution in [0.15, 0.2) is 24.3 Å². The van der Waals surface area contributed by atoms with Crippen LogP contribution in [0.1, 0.15) is 36.0 Å². The molecule has 2 atom stereocenters. The van der Waals surface area contributed by atoms with E-state index in [1.807, 2.05) is 45.1 Å². The highest BCUT2D eigenvalue weighted by molar-refractivity contribution is 6.05. The third-order valence-corrected chi connectivity index (χ3v) is 5.44. The van der Waals surface area contributed by atoms with E-state index in [0.717, 1.165) is 21.6 Å². The normalized spacial score (nSPS) is 20.6. The summed E-state index contributed by atoms with van der Waals surface area (Å²) in [5.74, 6) is -2.11. The molecule has 2 aliphatic rings. The minimum absolute atomic E-state index is 0.0126. The summed E-state index contributed by atoms with van der Waals surface area (Å²) in [6.45, 7) is 5.36. The average Bonchev–Trinajstić information content (AvgIpc) is 2.92. The van der Waals surface area contributed by atoms with Gasteiger partial charge in [0.05, 0.1) is 18.3 Å². The molecule has 0 radical (unpaired) electrons. The molecule has 3 amide bonds. The van der Waals surface area contributed by atoms with Crippen molar-refractivity contribution in [2.75, 3.05) is 18.5 Å². The van der Waals surface area contributed by atoms with E-state index in [0.29, 0.717) is 18.5 Å². The van der Waals surface area contributed by atoms with Gasteiger partial charge in [0.25, 0.3) is 5.91 Å². The molecule has 29 heavy (non-hydrogen) atoms. The number of hydrogen-bond acceptors (Lipinski definition) is 5. The van der Waals surface area contributed by atoms with Crippen LogP contribution in [0.4, 0.5) is 5.69 Å². The van der Waals surface area contributed by atoms with Crippen molar-refractivity contribution in [3.8, 4) is 0 Å². The summed E-state index contributed by atoms with van der Waals surface area (Å²) < 4.78 is 5.02. The number of amides is 3. The Morgan fingerprint density at radius 2 is 1.59 bits per heavy atom. The second-order valence-electron chi connectivity index (χ2n) is 7.72. The van der Waals surface area contributed by atoms with Crippen molar-refractivity contribution in [2.45, 2.75) is 40.0 Å². The molecule has 1 aromatic carbocycles. The predicted octanol–water partition coefficient (Wildman–Crippen LogP) is 2.43. The monoisotopic (exact) mass is 398 g/mol. The lowest BCUT2D eigenvalue weighted by atomic mass is 9.85. The number of imide groups is 1. The van der Waals surface area contributed by atoms with E-state index in [9.17, 15) is 19.2 Å². The van der Waals surface area contributed by atoms with E-state index in [1.165, 1.54) is 0 Å². The lowest BCUT2D eigenvalue weighted by Crippen LogP contribution is -2.33. The highest BCUT2D eigenvalue weighted by Crippen LogP contribution is 2.35. The SMILES string of the molecule is Cc1cc(C)c(NC(=O)COC(=O)CCN2C(=O)[C@H]3CC=CC[C@H]3C2=O)c(C)c1. The van der Waals surface area contributed by atoms with Crippen molar-refractivity contribution in [3.05, 3.63) is 41.0 Å². The van der Waals surface area contributed by atoms with E-state index in [4.69, 9.17) is 4.74 Å². The second kappa shape index (κ2) is 8.59. The van der Waals surface area contributed by atoms with Gasteiger partial charge < -0.3 is 10.1 Å². The van der Waals surface area contributed by atoms with Crippen molar-refractivity contribution in [1.82, 2.24) is 4.90 Å². The fourth-order valence-corrected chi connectivity index (χ4v) is 4.06. The molecule has 7 nitrogen and oxygen atoms in total. The number of nitrogens with one attached hydrogen (secondary N) is 1. The maximum absolute atomic E-state index is 12.4. The Hall–Kier alpha value is -2.96. The van der Waals surface area contributed by atoms with Crippen LogP contribution in [-0.4, -0.2) is 41.7 Å². The molecule has 1 aliphatic carbocycles. The molecule has 0 saturated carbocycles. The van der Waals surface area contributed by atoms with Gasteiger partial charge in [-0.25, -0.2) is 0 Å². The Labute approximate surface area is 170 Å². The fourth-order valence-electron chi connectivity index (χ4n) is 4.06. The van der Waals surface area contributed by atoms with Gasteiger partial charge in [-0.1, -0.05) is 29.8 Å². The standard InChI is InChI=1S/C22H26N2O5/c1-13-10-14(2)20(15(3)11-13)23-18(25)12-29-19(26)8-9-24-21(27)16-6-4-5-7-17(16)22(24)28/h4-5,10-11,16-17H,6-9,12H2,1-3H3,(H,23,25)/t16-,17+. The van der Waals surface area contributed by atoms with Gasteiger partial charge in [-0.15, -0.1) is 0 Å². The number of rotatable bonds is 6. The molecule has 0 unspecified atom stereocenters. The fraction of sp³-hybridized carbons (Fsp3) is 0.455. The van der Waals surface area contributed by atoms with E-state index < -0.39 is 18.5 Å². The number of likely N-dealkylation sites (tertiary alicyclic amines) is 1. The third-order valence-electron chi connectivity index (χ3n) is 5.44. The molecule has 1 aromatic rings. The number of anilines is 1. The summed E-state index contributed by atoms with van der Waals surface area (Å²) in [6.07, 6.45) is 4.84. The third kappa shape index (κ3) is 4.55. The van der Waals surface area contributed by atoms with Crippen LogP contribution in [0.2, 0.25) is 0 Å². The van der Waals surface area contributed by atoms with E-state index in [2.05, 4.69) is 5.32 Å². The van der Waals surface area contributed by atoms with Gasteiger partial charge in [-0.2, -0.15) is 0 Å². The minimum Gasteiger partial charge on any atom is -0.456 e. The maximum Gasteiger partial charge on any atom is 0.308 e. The Bertz CT molecular complexity index is 840. The lowest BCUT2D eigenvalue weighted by Gasteiger charge is -2.15. The van der Waals surface area contributed by atoms with Crippen LogP contribution in [0, 0.1) is 32.6 Å². The van der Waals surface area contributed by atoms with Gasteiger partial charge in [0.1, 0.15) is 0 Å². The number of carbonyl (C=O) groups excluding carboxylic acids is 4. The first-order valence-electron chi connectivity index (χ1n) is 9.81. The summed E-state index contributed by atoms with van der Waals surface area (Å²) in [5.41, 5.74) is 3.68. The zero-order valence-electron chi connectivity index (χ0n) is 17.0. The first kappa shape index (κ1) is 20.8. The summed E-state index contributed by atoms with van der Waals surface area (Å²) >= 11 is 0. The number of hydrogen-bond donors (Lipinski definition) is 1. The van der Waals surface area contributed by atoms with Crippen LogP contribution in [-0.2, 0) is 23.9 Å². The number of benzene rings is 1. The highest BCUT2D eigenvalue weighted by atomic mass is 16.5. The summed E-state index contributed by atoms with van der Waals surface area (Å²) in [5, 5.41) is 2.76. The molecule has 0 aromatic heterocycles. The van der Waals surface area contributed by atoms with Crippen LogP contribution in [0.5, 0.6) is 0 Å². The summed E-state index contributed by atoms with van der Waals surface area (Å²) in [6, 6.07) is 3.93. The molecule has 1 fully saturated rings. The molecular formula is C22H26N2O5. The van der Waals surface area contributed by atoms with Gasteiger partial charge in [0, 0.05) is 12.2 Å². The van der Waals surface area contributed by atoms with Gasteiger partial charge in [-0.3, -0.25) is 24.1 Å². The smallest absolute Gasteiger partial charge is 0.308 e. The number of carbonyl (C=O) groups is 4. The minimum atomic E-state index is -0.619. The van der Waals surface area contributed by atoms with Gasteiger partial charge in [0.15, 0.2) is 6.61 Å². The Morgan fingerprint density at radius 1 is 1.03 bits per heavy atom. The molecular weight excluding hydrogens is 372 g/mol. The van der Waals surface area contributed by atoms with Crippen LogP contribution in [0.3, 0.4) is 0 Å². The first-order chi connectivity index (χ1) is 13.8. The van der Waals surface area contributed by atoms with Crippen molar-refractivity contribution >= 4 is 29.4 Å². The quantitative estimate of drug-likeness (QED) is 0.451. The number of nitrogens with zero attached hydrogens (tertiary/aromatic N) is 1. The van der Waals surface area contributed by atoms with E-state index in [-0.39, 0.29) is 36.6 Å². The summed E-state index contributed by atoms with van der Waals surface area (Å²) in [4.78, 5) is 50.0. The summed E-state index contributed by atoms with van der Waals surface area (Å²) in [7, 11) is 0. The molecule has 1 heterocycles. The topological polar surface area (TPSA) is 92.8 Å². The molecule has 154 valence electrons. The molecule has 1 N–H and O–H groups in total. The van der Waals surface area contributed by atoms with Gasteiger partial charge >= 0.3 is 5.97 Å². The Morgan fingerprint density at radius 3 is 2.14 bits per heavy atom. The highest BCUT2D eigenvalue weighted by Gasteiger charge is 2.46. The van der Waals surface area contributed by atoms with Crippen LogP contribution in [0.25, 0.3) is 0 Å². The van der Waals surface area contributed by atoms with Crippen molar-refractivity contribution in [3.63, 3.8) is 0 Å². The zero-order valence-corrected chi connectivity index (χ0v) is 17.0. The van der Waals surface area contributed by atoms with Crippen molar-refractivity contribution < 1.29 is 23.9 Å². The molecule has 7 heteroatoms. The first-order valence-corrected chi connectivity index (χ1v) is 9.81. The molecule has 1 saturated heterocycles. The maximum atomic E-state index is 12.4. The van der Waals surface area contributed by atoms with Crippen molar-refractivity contribution in [2.24, 2.45) is 11.8 Å². The van der Waals surface area contributed by atoms with Crippen LogP contribution < -0.4 is 5.32 Å². The Kier molecular flexibility index (Phi) is 6.15. The number of fused-ring (bicyclic) bond motifs is 1. The largest absolute Gasteiger partial charge is 0.456 e. The lowest BCUT2D eigenvalue weighted by molar-refractivity contribution is -0.148. The number of esters is 1. The molecule has 3 rings (SSSR count). The number of aryl methyl sites for hydroxylation is 3. The van der Waals surface area contributed by atoms with E-state index >= 15 is 0 Å². The molecule has 0 spiro atoms. The zero-order chi connectivity index (χ0) is 21.1.